The molecular formula is C102H65N3O3. The van der Waals surface area contributed by atoms with E-state index < -0.39 is 0 Å². The Balaban J connectivity index is 0.580. The summed E-state index contributed by atoms with van der Waals surface area (Å²) in [6.45, 7) is 0. The second-order valence-corrected chi connectivity index (χ2v) is 27.9. The first-order valence-electron chi connectivity index (χ1n) is 36.7. The second-order valence-electron chi connectivity index (χ2n) is 27.9. The Hall–Kier alpha value is -14.5. The Kier molecular flexibility index (Phi) is 14.8. The minimum atomic E-state index is 0.887. The SMILES string of the molecule is c1cc(-c2ccc(N(c3ccc(-c4ccc(-n5c6ccccc6c6ccccc65)cc4)cc3)c3ccc(-c4cccc5c4oc4ccccc45)cc3)cc2)cc(-c2cccc(-c3ccc(N(c4ccc(-c5cccc6c5oc5ccccc56)cc4)c4ccc(-c5cccc6c5oc5ccccc56)cc4)cc3)c2)c1. The van der Waals surface area contributed by atoms with Gasteiger partial charge in [0.05, 0.1) is 11.0 Å². The summed E-state index contributed by atoms with van der Waals surface area (Å²) in [6.07, 6.45) is 0. The van der Waals surface area contributed by atoms with Crippen LogP contribution in [0.5, 0.6) is 0 Å². The van der Waals surface area contributed by atoms with E-state index in [1.165, 1.54) is 21.8 Å². The van der Waals surface area contributed by atoms with E-state index in [1.807, 2.05) is 36.4 Å². The number of nitrogens with zero attached hydrogens (tertiary/aromatic N) is 3. The first kappa shape index (κ1) is 62.1. The molecule has 6 heteroatoms. The number of fused-ring (bicyclic) bond motifs is 12. The molecule has 0 aliphatic carbocycles. The summed E-state index contributed by atoms with van der Waals surface area (Å²) in [6, 6.07) is 142. The third kappa shape index (κ3) is 10.7. The Morgan fingerprint density at radius 2 is 0.417 bits per heavy atom. The van der Waals surface area contributed by atoms with Gasteiger partial charge in [-0.3, -0.25) is 0 Å². The highest BCUT2D eigenvalue weighted by Crippen LogP contribution is 2.45. The lowest BCUT2D eigenvalue weighted by atomic mass is 9.96. The zero-order valence-electron chi connectivity index (χ0n) is 58.6. The number of anilines is 6. The van der Waals surface area contributed by atoms with Crippen molar-refractivity contribution in [2.45, 2.75) is 0 Å². The summed E-state index contributed by atoms with van der Waals surface area (Å²) in [5, 5.41) is 9.20. The molecule has 0 radical (unpaired) electrons. The van der Waals surface area contributed by atoms with Crippen molar-refractivity contribution in [3.8, 4) is 83.6 Å². The maximum absolute atomic E-state index is 6.53. The van der Waals surface area contributed by atoms with E-state index >= 15 is 0 Å². The van der Waals surface area contributed by atoms with Crippen molar-refractivity contribution in [1.82, 2.24) is 4.57 Å². The van der Waals surface area contributed by atoms with Crippen molar-refractivity contribution in [3.05, 3.63) is 394 Å². The fourth-order valence-electron chi connectivity index (χ4n) is 16.4. The van der Waals surface area contributed by atoms with Gasteiger partial charge in [0, 0.05) is 99.6 Å². The maximum Gasteiger partial charge on any atom is 0.143 e. The average molecular weight is 1380 g/mol. The summed E-state index contributed by atoms with van der Waals surface area (Å²) in [5.41, 5.74) is 30.6. The molecule has 0 aliphatic rings. The van der Waals surface area contributed by atoms with E-state index in [0.717, 1.165) is 184 Å². The van der Waals surface area contributed by atoms with Crippen LogP contribution in [0.1, 0.15) is 0 Å². The smallest absolute Gasteiger partial charge is 0.143 e. The molecule has 0 unspecified atom stereocenters. The Morgan fingerprint density at radius 1 is 0.176 bits per heavy atom. The number of furan rings is 3. The lowest BCUT2D eigenvalue weighted by Gasteiger charge is -2.26. The lowest BCUT2D eigenvalue weighted by molar-refractivity contribution is 0.669. The molecule has 0 saturated heterocycles. The molecule has 4 heterocycles. The molecule has 0 amide bonds. The molecule has 0 atom stereocenters. The van der Waals surface area contributed by atoms with Gasteiger partial charge in [-0.25, -0.2) is 0 Å². The van der Waals surface area contributed by atoms with Gasteiger partial charge in [-0.2, -0.15) is 0 Å². The molecule has 0 aliphatic heterocycles. The Labute approximate surface area is 623 Å². The molecule has 21 aromatic rings. The van der Waals surface area contributed by atoms with Crippen molar-refractivity contribution < 1.29 is 13.3 Å². The number of benzene rings is 17. The van der Waals surface area contributed by atoms with Gasteiger partial charge in [-0.1, -0.05) is 267 Å². The zero-order valence-corrected chi connectivity index (χ0v) is 58.6. The van der Waals surface area contributed by atoms with Gasteiger partial charge in [-0.05, 0) is 189 Å². The van der Waals surface area contributed by atoms with Crippen LogP contribution in [-0.4, -0.2) is 4.57 Å². The van der Waals surface area contributed by atoms with Crippen LogP contribution in [0.15, 0.2) is 408 Å². The first-order chi connectivity index (χ1) is 53.5. The largest absolute Gasteiger partial charge is 0.455 e. The normalized spacial score (nSPS) is 11.7. The van der Waals surface area contributed by atoms with E-state index in [1.54, 1.807) is 0 Å². The van der Waals surface area contributed by atoms with Crippen LogP contribution < -0.4 is 9.80 Å². The molecule has 506 valence electrons. The highest BCUT2D eigenvalue weighted by atomic mass is 16.3. The van der Waals surface area contributed by atoms with Gasteiger partial charge < -0.3 is 27.6 Å². The third-order valence-electron chi connectivity index (χ3n) is 21.7. The van der Waals surface area contributed by atoms with Gasteiger partial charge in [-0.15, -0.1) is 0 Å². The standard InChI is InChI=1S/C102H65N3O3/c1-6-31-95-87(20-1)88-21-2-7-32-96(88)105(95)83-56-38-67(39-57-83)66-36-50-77(51-37-66)103(80-58-44-70(45-59-80)84-25-13-28-92-89-22-3-8-33-97(89)106-100(84)92)78-52-40-68(41-53-78)73-16-11-18-75(64-73)76-19-12-17-74(65-76)69-42-54-79(55-43-69)104(81-60-46-71(47-61-81)85-26-14-29-93-90-23-4-9-34-98(90)107-101(85)93)82-62-48-72(49-63-82)86-27-15-30-94-91-24-5-10-35-99(91)108-102(86)94/h1-65H. The molecule has 0 bridgehead atoms. The quantitative estimate of drug-likeness (QED) is 0.109. The monoisotopic (exact) mass is 1380 g/mol. The zero-order chi connectivity index (χ0) is 71.2. The van der Waals surface area contributed by atoms with Crippen molar-refractivity contribution in [3.63, 3.8) is 0 Å². The summed E-state index contributed by atoms with van der Waals surface area (Å²) >= 11 is 0. The molecular weight excluding hydrogens is 1320 g/mol. The first-order valence-corrected chi connectivity index (χ1v) is 36.7. The van der Waals surface area contributed by atoms with Crippen LogP contribution in [0.25, 0.3) is 171 Å². The number of aromatic nitrogens is 1. The van der Waals surface area contributed by atoms with Crippen molar-refractivity contribution in [1.29, 1.82) is 0 Å². The maximum atomic E-state index is 6.53. The van der Waals surface area contributed by atoms with Crippen molar-refractivity contribution >= 4 is 122 Å². The predicted octanol–water partition coefficient (Wildman–Crippen LogP) is 29.1. The van der Waals surface area contributed by atoms with Crippen LogP contribution >= 0.6 is 0 Å². The van der Waals surface area contributed by atoms with Gasteiger partial charge >= 0.3 is 0 Å². The average Bonchev–Trinajstić information content (AvgIpc) is 1.65. The van der Waals surface area contributed by atoms with Crippen LogP contribution in [0.4, 0.5) is 34.1 Å². The lowest BCUT2D eigenvalue weighted by Crippen LogP contribution is -2.09. The number of hydrogen-bond acceptors (Lipinski definition) is 5. The minimum Gasteiger partial charge on any atom is -0.455 e. The molecule has 17 aromatic carbocycles. The molecule has 6 nitrogen and oxygen atoms in total. The number of para-hydroxylation sites is 8. The topological polar surface area (TPSA) is 50.8 Å². The molecule has 0 fully saturated rings. The molecule has 21 rings (SSSR count). The molecule has 0 N–H and O–H groups in total. The van der Waals surface area contributed by atoms with E-state index in [2.05, 4.69) is 372 Å². The van der Waals surface area contributed by atoms with E-state index in [4.69, 9.17) is 13.3 Å². The van der Waals surface area contributed by atoms with Crippen LogP contribution in [0, 0.1) is 0 Å². The van der Waals surface area contributed by atoms with Gasteiger partial charge in [0.1, 0.15) is 33.5 Å². The van der Waals surface area contributed by atoms with Crippen molar-refractivity contribution in [2.24, 2.45) is 0 Å². The second kappa shape index (κ2) is 25.7. The van der Waals surface area contributed by atoms with Crippen LogP contribution in [-0.2, 0) is 0 Å². The fourth-order valence-corrected chi connectivity index (χ4v) is 16.4. The summed E-state index contributed by atoms with van der Waals surface area (Å²) in [5.74, 6) is 0. The fraction of sp³-hybridized carbons (Fsp3) is 0. The van der Waals surface area contributed by atoms with Gasteiger partial charge in [0.15, 0.2) is 0 Å². The summed E-state index contributed by atoms with van der Waals surface area (Å²) in [4.78, 5) is 4.68. The van der Waals surface area contributed by atoms with Gasteiger partial charge in [0.2, 0.25) is 0 Å². The Bertz CT molecular complexity index is 6790. The predicted molar refractivity (Wildman–Crippen MR) is 450 cm³/mol. The molecule has 108 heavy (non-hydrogen) atoms. The molecule has 0 saturated carbocycles. The summed E-state index contributed by atoms with van der Waals surface area (Å²) in [7, 11) is 0. The van der Waals surface area contributed by atoms with Crippen LogP contribution in [0.2, 0.25) is 0 Å². The number of hydrogen-bond donors (Lipinski definition) is 0. The molecule has 0 spiro atoms. The minimum absolute atomic E-state index is 0.887. The number of rotatable bonds is 14. The summed E-state index contributed by atoms with van der Waals surface area (Å²) < 4.78 is 21.9. The van der Waals surface area contributed by atoms with Gasteiger partial charge in [0.25, 0.3) is 0 Å². The van der Waals surface area contributed by atoms with E-state index in [-0.39, 0.29) is 0 Å². The molecule has 4 aromatic heterocycles. The third-order valence-corrected chi connectivity index (χ3v) is 21.7. The highest BCUT2D eigenvalue weighted by molar-refractivity contribution is 6.13. The van der Waals surface area contributed by atoms with Crippen LogP contribution in [0.3, 0.4) is 0 Å². The van der Waals surface area contributed by atoms with E-state index in [0.29, 0.717) is 0 Å². The van der Waals surface area contributed by atoms with Crippen molar-refractivity contribution in [2.75, 3.05) is 9.80 Å². The van der Waals surface area contributed by atoms with E-state index in [9.17, 15) is 0 Å². The Morgan fingerprint density at radius 3 is 0.741 bits per heavy atom. The highest BCUT2D eigenvalue weighted by Gasteiger charge is 2.22.